The van der Waals surface area contributed by atoms with Gasteiger partial charge in [-0.3, -0.25) is 0 Å². The fourth-order valence-electron chi connectivity index (χ4n) is 3.69. The van der Waals surface area contributed by atoms with Gasteiger partial charge in [0.1, 0.15) is 11.5 Å². The Morgan fingerprint density at radius 1 is 1.29 bits per heavy atom. The minimum Gasteiger partial charge on any atom is -0.466 e. The Morgan fingerprint density at radius 2 is 1.95 bits per heavy atom. The summed E-state index contributed by atoms with van der Waals surface area (Å²) in [6, 6.07) is 3.10. The molecule has 2 heterocycles. The first kappa shape index (κ1) is 16.6. The van der Waals surface area contributed by atoms with Crippen molar-refractivity contribution in [2.24, 2.45) is 5.92 Å². The predicted molar refractivity (Wildman–Crippen MR) is 88.6 cm³/mol. The van der Waals surface area contributed by atoms with Crippen LogP contribution >= 0.6 is 0 Å². The van der Waals surface area contributed by atoms with Gasteiger partial charge in [0.05, 0.1) is 0 Å². The number of aryl methyl sites for hydroxylation is 2. The molecule has 1 aliphatic rings. The molecule has 1 aliphatic heterocycles. The van der Waals surface area contributed by atoms with E-state index in [1.165, 1.54) is 44.5 Å². The highest BCUT2D eigenvalue weighted by Gasteiger charge is 2.25. The lowest BCUT2D eigenvalue weighted by atomic mass is 9.89. The first-order valence-electron chi connectivity index (χ1n) is 8.56. The summed E-state index contributed by atoms with van der Waals surface area (Å²) in [6.45, 7) is 14.8. The largest absolute Gasteiger partial charge is 0.466 e. The molecule has 120 valence electrons. The smallest absolute Gasteiger partial charge is 0.105 e. The summed E-state index contributed by atoms with van der Waals surface area (Å²) in [5, 5.41) is 3.79. The SMILES string of the molecule is CCCN1CCC(C(C)NC(C)c2cc(C)oc2C)CC1. The van der Waals surface area contributed by atoms with Crippen molar-refractivity contribution in [2.75, 3.05) is 19.6 Å². The summed E-state index contributed by atoms with van der Waals surface area (Å²) in [5.74, 6) is 2.86. The van der Waals surface area contributed by atoms with E-state index in [1.54, 1.807) is 0 Å². The van der Waals surface area contributed by atoms with Crippen molar-refractivity contribution in [2.45, 2.75) is 66.0 Å². The number of rotatable bonds is 6. The zero-order chi connectivity index (χ0) is 15.4. The average Bonchev–Trinajstić information content (AvgIpc) is 2.79. The average molecular weight is 292 g/mol. The molecule has 0 bridgehead atoms. The van der Waals surface area contributed by atoms with Crippen molar-refractivity contribution in [3.8, 4) is 0 Å². The maximum atomic E-state index is 5.66. The summed E-state index contributed by atoms with van der Waals surface area (Å²) in [5.41, 5.74) is 1.31. The lowest BCUT2D eigenvalue weighted by Gasteiger charge is -2.36. The second-order valence-corrected chi connectivity index (χ2v) is 6.72. The Hall–Kier alpha value is -0.800. The second kappa shape index (κ2) is 7.46. The fraction of sp³-hybridized carbons (Fsp3) is 0.778. The van der Waals surface area contributed by atoms with E-state index in [1.807, 2.05) is 6.92 Å². The Kier molecular flexibility index (Phi) is 5.88. The van der Waals surface area contributed by atoms with Gasteiger partial charge in [-0.05, 0) is 78.6 Å². The number of likely N-dealkylation sites (tertiary alicyclic amines) is 1. The van der Waals surface area contributed by atoms with Gasteiger partial charge in [0, 0.05) is 17.6 Å². The summed E-state index contributed by atoms with van der Waals surface area (Å²) in [6.07, 6.45) is 3.92. The van der Waals surface area contributed by atoms with E-state index in [0.29, 0.717) is 12.1 Å². The standard InChI is InChI=1S/C18H32N2O/c1-6-9-20-10-7-17(8-11-20)14(3)19-15(4)18-12-13(2)21-16(18)5/h12,14-15,17,19H,6-11H2,1-5H3. The van der Waals surface area contributed by atoms with Gasteiger partial charge in [-0.2, -0.15) is 0 Å². The monoisotopic (exact) mass is 292 g/mol. The number of piperidine rings is 1. The van der Waals surface area contributed by atoms with E-state index >= 15 is 0 Å². The maximum absolute atomic E-state index is 5.66. The molecule has 2 unspecified atom stereocenters. The second-order valence-electron chi connectivity index (χ2n) is 6.72. The van der Waals surface area contributed by atoms with Gasteiger partial charge in [-0.1, -0.05) is 6.92 Å². The fourth-order valence-corrected chi connectivity index (χ4v) is 3.69. The molecule has 1 fully saturated rings. The summed E-state index contributed by atoms with van der Waals surface area (Å²) < 4.78 is 5.66. The lowest BCUT2D eigenvalue weighted by molar-refractivity contribution is 0.159. The Labute approximate surface area is 130 Å². The molecule has 0 spiro atoms. The van der Waals surface area contributed by atoms with Crippen molar-refractivity contribution in [3.63, 3.8) is 0 Å². The van der Waals surface area contributed by atoms with Crippen molar-refractivity contribution >= 4 is 0 Å². The van der Waals surface area contributed by atoms with Crippen LogP contribution < -0.4 is 5.32 Å². The molecule has 0 aromatic carbocycles. The molecule has 2 rings (SSSR count). The van der Waals surface area contributed by atoms with E-state index in [0.717, 1.165) is 17.4 Å². The van der Waals surface area contributed by atoms with Crippen LogP contribution in [0.5, 0.6) is 0 Å². The predicted octanol–water partition coefficient (Wildman–Crippen LogP) is 4.06. The summed E-state index contributed by atoms with van der Waals surface area (Å²) in [4.78, 5) is 2.61. The van der Waals surface area contributed by atoms with Crippen molar-refractivity contribution in [1.29, 1.82) is 0 Å². The van der Waals surface area contributed by atoms with Gasteiger partial charge < -0.3 is 14.6 Å². The Balaban J connectivity index is 1.84. The van der Waals surface area contributed by atoms with Crippen LogP contribution in [-0.2, 0) is 0 Å². The van der Waals surface area contributed by atoms with Crippen LogP contribution in [0.1, 0.15) is 63.2 Å². The van der Waals surface area contributed by atoms with Crippen LogP contribution in [-0.4, -0.2) is 30.6 Å². The molecule has 0 saturated carbocycles. The molecule has 2 atom stereocenters. The molecule has 0 aliphatic carbocycles. The molecular formula is C18H32N2O. The maximum Gasteiger partial charge on any atom is 0.105 e. The number of nitrogens with zero attached hydrogens (tertiary/aromatic N) is 1. The van der Waals surface area contributed by atoms with Crippen molar-refractivity contribution < 1.29 is 4.42 Å². The zero-order valence-electron chi connectivity index (χ0n) is 14.4. The van der Waals surface area contributed by atoms with Crippen LogP contribution in [0.15, 0.2) is 10.5 Å². The molecule has 1 N–H and O–H groups in total. The van der Waals surface area contributed by atoms with Gasteiger partial charge in [0.15, 0.2) is 0 Å². The van der Waals surface area contributed by atoms with Crippen molar-refractivity contribution in [3.05, 3.63) is 23.2 Å². The first-order valence-corrected chi connectivity index (χ1v) is 8.56. The van der Waals surface area contributed by atoms with Crippen LogP contribution in [0.4, 0.5) is 0 Å². The number of furan rings is 1. The lowest BCUT2D eigenvalue weighted by Crippen LogP contribution is -2.42. The molecule has 0 radical (unpaired) electrons. The molecular weight excluding hydrogens is 260 g/mol. The van der Waals surface area contributed by atoms with E-state index in [4.69, 9.17) is 4.42 Å². The van der Waals surface area contributed by atoms with Crippen LogP contribution in [0.25, 0.3) is 0 Å². The quantitative estimate of drug-likeness (QED) is 0.857. The van der Waals surface area contributed by atoms with Crippen molar-refractivity contribution in [1.82, 2.24) is 10.2 Å². The van der Waals surface area contributed by atoms with E-state index in [2.05, 4.69) is 44.0 Å². The number of hydrogen-bond donors (Lipinski definition) is 1. The Morgan fingerprint density at radius 3 is 2.48 bits per heavy atom. The molecule has 1 aromatic rings. The van der Waals surface area contributed by atoms with Crippen LogP contribution in [0.2, 0.25) is 0 Å². The molecule has 3 heteroatoms. The normalized spacial score (nSPS) is 20.6. The Bertz CT molecular complexity index is 432. The van der Waals surface area contributed by atoms with Gasteiger partial charge in [0.25, 0.3) is 0 Å². The highest BCUT2D eigenvalue weighted by atomic mass is 16.3. The minimum atomic E-state index is 0.367. The summed E-state index contributed by atoms with van der Waals surface area (Å²) in [7, 11) is 0. The topological polar surface area (TPSA) is 28.4 Å². The molecule has 21 heavy (non-hydrogen) atoms. The summed E-state index contributed by atoms with van der Waals surface area (Å²) >= 11 is 0. The van der Waals surface area contributed by atoms with Crippen LogP contribution in [0, 0.1) is 19.8 Å². The minimum absolute atomic E-state index is 0.367. The number of hydrogen-bond acceptors (Lipinski definition) is 3. The first-order chi connectivity index (χ1) is 10.0. The molecule has 1 aromatic heterocycles. The highest BCUT2D eigenvalue weighted by molar-refractivity contribution is 5.23. The van der Waals surface area contributed by atoms with Gasteiger partial charge >= 0.3 is 0 Å². The van der Waals surface area contributed by atoms with Gasteiger partial charge in [-0.25, -0.2) is 0 Å². The number of nitrogens with one attached hydrogen (secondary N) is 1. The van der Waals surface area contributed by atoms with E-state index < -0.39 is 0 Å². The van der Waals surface area contributed by atoms with E-state index in [-0.39, 0.29) is 0 Å². The van der Waals surface area contributed by atoms with Gasteiger partial charge in [0.2, 0.25) is 0 Å². The third kappa shape index (κ3) is 4.33. The third-order valence-electron chi connectivity index (χ3n) is 4.94. The highest BCUT2D eigenvalue weighted by Crippen LogP contribution is 2.25. The zero-order valence-corrected chi connectivity index (χ0v) is 14.4. The third-order valence-corrected chi connectivity index (χ3v) is 4.94. The van der Waals surface area contributed by atoms with Gasteiger partial charge in [-0.15, -0.1) is 0 Å². The van der Waals surface area contributed by atoms with E-state index in [9.17, 15) is 0 Å². The molecule has 1 saturated heterocycles. The van der Waals surface area contributed by atoms with Crippen LogP contribution in [0.3, 0.4) is 0 Å². The molecule has 0 amide bonds. The molecule has 3 nitrogen and oxygen atoms in total.